The maximum Gasteiger partial charge on any atom is 0.226 e. The first-order valence-corrected chi connectivity index (χ1v) is 13.6. The van der Waals surface area contributed by atoms with Crippen molar-refractivity contribution >= 4 is 28.6 Å². The summed E-state index contributed by atoms with van der Waals surface area (Å²) in [5.41, 5.74) is 24.4. The highest BCUT2D eigenvalue weighted by Crippen LogP contribution is 2.35. The molecule has 2 aromatic carbocycles. The van der Waals surface area contributed by atoms with Crippen LogP contribution in [0.25, 0.3) is 22.3 Å². The van der Waals surface area contributed by atoms with Crippen LogP contribution in [-0.2, 0) is 6.42 Å². The third kappa shape index (κ3) is 4.85. The first kappa shape index (κ1) is 23.7. The zero-order chi connectivity index (χ0) is 25.4. The fraction of sp³-hybridized carbons (Fsp3) is 0.414. The van der Waals surface area contributed by atoms with Gasteiger partial charge < -0.3 is 27.1 Å². The first-order chi connectivity index (χ1) is 18.0. The third-order valence-corrected chi connectivity index (χ3v) is 8.02. The second-order valence-corrected chi connectivity index (χ2v) is 10.7. The first-order valence-electron chi connectivity index (χ1n) is 13.6. The lowest BCUT2D eigenvalue weighted by molar-refractivity contribution is 0.410. The van der Waals surface area contributed by atoms with E-state index in [0.29, 0.717) is 41.8 Å². The highest BCUT2D eigenvalue weighted by atomic mass is 15.2. The lowest BCUT2D eigenvalue weighted by atomic mass is 9.92. The van der Waals surface area contributed by atoms with E-state index in [2.05, 4.69) is 45.2 Å². The highest BCUT2D eigenvalue weighted by molar-refractivity contribution is 5.84. The molecule has 0 bridgehead atoms. The molecule has 0 unspecified atom stereocenters. The van der Waals surface area contributed by atoms with Crippen molar-refractivity contribution in [2.75, 3.05) is 16.8 Å². The van der Waals surface area contributed by atoms with Crippen LogP contribution in [0.15, 0.2) is 48.5 Å². The van der Waals surface area contributed by atoms with Crippen molar-refractivity contribution in [3.8, 4) is 11.1 Å². The van der Waals surface area contributed by atoms with Gasteiger partial charge >= 0.3 is 0 Å². The van der Waals surface area contributed by atoms with Crippen LogP contribution in [0.3, 0.4) is 0 Å². The van der Waals surface area contributed by atoms with Gasteiger partial charge in [-0.1, -0.05) is 55.3 Å². The van der Waals surface area contributed by atoms with Gasteiger partial charge in [-0.2, -0.15) is 9.97 Å². The van der Waals surface area contributed by atoms with E-state index >= 15 is 0 Å². The number of nitrogens with two attached hydrogens (primary N) is 3. The van der Waals surface area contributed by atoms with Crippen LogP contribution in [0, 0.1) is 0 Å². The van der Waals surface area contributed by atoms with Crippen molar-refractivity contribution in [2.45, 2.75) is 75.9 Å². The van der Waals surface area contributed by atoms with Gasteiger partial charge in [-0.3, -0.25) is 0 Å². The molecule has 2 fully saturated rings. The molecule has 8 heteroatoms. The lowest BCUT2D eigenvalue weighted by Crippen LogP contribution is -2.33. The van der Waals surface area contributed by atoms with Crippen LogP contribution in [0.1, 0.15) is 68.8 Å². The number of anilines is 3. The van der Waals surface area contributed by atoms with Crippen LogP contribution in [0.5, 0.6) is 0 Å². The monoisotopic (exact) mass is 496 g/mol. The predicted octanol–water partition coefficient (Wildman–Crippen LogP) is 5.05. The minimum atomic E-state index is 0.303. The summed E-state index contributed by atoms with van der Waals surface area (Å²) in [6.07, 6.45) is 9.54. The van der Waals surface area contributed by atoms with Gasteiger partial charge in [0.05, 0.1) is 0 Å². The number of nitrogen functional groups attached to an aromatic ring is 2. The van der Waals surface area contributed by atoms with Crippen molar-refractivity contribution in [1.82, 2.24) is 19.5 Å². The number of hydrogen-bond donors (Lipinski definition) is 4. The van der Waals surface area contributed by atoms with Crippen molar-refractivity contribution in [1.29, 1.82) is 0 Å². The number of fused-ring (bicyclic) bond motifs is 1. The number of hydrogen-bond acceptors (Lipinski definition) is 7. The van der Waals surface area contributed by atoms with Crippen LogP contribution in [0.2, 0.25) is 0 Å². The molecule has 0 amide bonds. The largest absolute Gasteiger partial charge is 0.398 e. The molecule has 37 heavy (non-hydrogen) atoms. The number of nitrogens with one attached hydrogen (secondary N) is 1. The van der Waals surface area contributed by atoms with E-state index in [0.717, 1.165) is 66.8 Å². The molecule has 2 aliphatic rings. The van der Waals surface area contributed by atoms with Gasteiger partial charge in [0.2, 0.25) is 5.95 Å². The summed E-state index contributed by atoms with van der Waals surface area (Å²) >= 11 is 0. The molecular weight excluding hydrogens is 460 g/mol. The molecule has 2 aromatic heterocycles. The number of rotatable bonds is 6. The van der Waals surface area contributed by atoms with Crippen LogP contribution < -0.4 is 22.5 Å². The zero-order valence-electron chi connectivity index (χ0n) is 21.2. The molecule has 2 saturated carbocycles. The Kier molecular flexibility index (Phi) is 6.42. The molecule has 2 aliphatic carbocycles. The van der Waals surface area contributed by atoms with E-state index in [4.69, 9.17) is 27.2 Å². The molecule has 4 aromatic rings. The zero-order valence-corrected chi connectivity index (χ0v) is 21.2. The summed E-state index contributed by atoms with van der Waals surface area (Å²) in [4.78, 5) is 14.6. The van der Waals surface area contributed by atoms with Gasteiger partial charge in [-0.25, -0.2) is 4.98 Å². The molecule has 8 nitrogen and oxygen atoms in total. The molecule has 0 spiro atoms. The Morgan fingerprint density at radius 3 is 2.30 bits per heavy atom. The van der Waals surface area contributed by atoms with Gasteiger partial charge in [0.15, 0.2) is 17.0 Å². The molecule has 0 aliphatic heterocycles. The van der Waals surface area contributed by atoms with Gasteiger partial charge in [-0.05, 0) is 55.7 Å². The van der Waals surface area contributed by atoms with Gasteiger partial charge in [0.25, 0.3) is 0 Å². The average Bonchev–Trinajstić information content (AvgIpc) is 3.54. The van der Waals surface area contributed by atoms with Crippen molar-refractivity contribution < 1.29 is 0 Å². The molecule has 0 atom stereocenters. The van der Waals surface area contributed by atoms with E-state index in [1.165, 1.54) is 18.4 Å². The number of aromatic nitrogens is 4. The molecule has 2 heterocycles. The smallest absolute Gasteiger partial charge is 0.226 e. The second kappa shape index (κ2) is 10.0. The van der Waals surface area contributed by atoms with Crippen LogP contribution in [0.4, 0.5) is 17.5 Å². The van der Waals surface area contributed by atoms with Crippen molar-refractivity contribution in [3.05, 3.63) is 59.9 Å². The van der Waals surface area contributed by atoms with E-state index < -0.39 is 0 Å². The Morgan fingerprint density at radius 2 is 1.57 bits per heavy atom. The third-order valence-electron chi connectivity index (χ3n) is 8.02. The Hall–Kier alpha value is -3.65. The topological polar surface area (TPSA) is 134 Å². The fourth-order valence-electron chi connectivity index (χ4n) is 5.97. The molecule has 0 saturated heterocycles. The predicted molar refractivity (Wildman–Crippen MR) is 150 cm³/mol. The SMILES string of the molecule is Nc1ccccc1-c1ccc(Cc2nc3c(N)nc(NC4CCC(N)CC4)nc3n2C2CCCC2)cc1. The molecule has 0 radical (unpaired) electrons. The Morgan fingerprint density at radius 1 is 0.838 bits per heavy atom. The van der Waals surface area contributed by atoms with Gasteiger partial charge in [-0.15, -0.1) is 0 Å². The maximum atomic E-state index is 6.46. The number of para-hydroxylation sites is 1. The molecule has 7 N–H and O–H groups in total. The van der Waals surface area contributed by atoms with E-state index in [1.807, 2.05) is 18.2 Å². The number of imidazole rings is 1. The van der Waals surface area contributed by atoms with Crippen LogP contribution >= 0.6 is 0 Å². The van der Waals surface area contributed by atoms with E-state index in [-0.39, 0.29) is 0 Å². The minimum Gasteiger partial charge on any atom is -0.398 e. The van der Waals surface area contributed by atoms with Crippen molar-refractivity contribution in [2.24, 2.45) is 5.73 Å². The second-order valence-electron chi connectivity index (χ2n) is 10.7. The fourth-order valence-corrected chi connectivity index (χ4v) is 5.97. The molecule has 192 valence electrons. The summed E-state index contributed by atoms with van der Waals surface area (Å²) in [5.74, 6) is 2.03. The summed E-state index contributed by atoms with van der Waals surface area (Å²) < 4.78 is 2.34. The maximum absolute atomic E-state index is 6.46. The number of nitrogens with zero attached hydrogens (tertiary/aromatic N) is 4. The summed E-state index contributed by atoms with van der Waals surface area (Å²) in [6.45, 7) is 0. The lowest BCUT2D eigenvalue weighted by Gasteiger charge is -2.26. The van der Waals surface area contributed by atoms with E-state index in [1.54, 1.807) is 0 Å². The Balaban J connectivity index is 1.32. The average molecular weight is 497 g/mol. The Bertz CT molecular complexity index is 1380. The normalized spacial score (nSPS) is 20.5. The Labute approximate surface area is 217 Å². The van der Waals surface area contributed by atoms with E-state index in [9.17, 15) is 0 Å². The molecule has 6 rings (SSSR count). The van der Waals surface area contributed by atoms with Crippen molar-refractivity contribution in [3.63, 3.8) is 0 Å². The highest BCUT2D eigenvalue weighted by Gasteiger charge is 2.26. The summed E-state index contributed by atoms with van der Waals surface area (Å²) in [6, 6.07) is 17.6. The van der Waals surface area contributed by atoms with Gasteiger partial charge in [0, 0.05) is 35.8 Å². The summed E-state index contributed by atoms with van der Waals surface area (Å²) in [7, 11) is 0. The van der Waals surface area contributed by atoms with Gasteiger partial charge in [0.1, 0.15) is 5.82 Å². The quantitative estimate of drug-likeness (QED) is 0.275. The minimum absolute atomic E-state index is 0.303. The standard InChI is InChI=1S/C29H36N8/c30-20-13-15-21(16-14-20)33-29-35-27(32)26-28(36-29)37(22-5-1-2-6-22)25(34-26)17-18-9-11-19(12-10-18)23-7-3-4-8-24(23)31/h3-4,7-12,20-22H,1-2,5-6,13-17,30-31H2,(H3,32,33,35,36). The molecular formula is C29H36N8. The number of benzene rings is 2. The van der Waals surface area contributed by atoms with Crippen LogP contribution in [-0.4, -0.2) is 31.6 Å². The summed E-state index contributed by atoms with van der Waals surface area (Å²) in [5, 5.41) is 3.53.